The Bertz CT molecular complexity index is 996. The van der Waals surface area contributed by atoms with E-state index in [4.69, 9.17) is 9.90 Å². The van der Waals surface area contributed by atoms with E-state index < -0.39 is 12.1 Å². The number of halogens is 3. The number of fused-ring (bicyclic) bond motifs is 2. The lowest BCUT2D eigenvalue weighted by Crippen LogP contribution is -2.42. The van der Waals surface area contributed by atoms with Crippen LogP contribution in [0.25, 0.3) is 10.9 Å². The van der Waals surface area contributed by atoms with Gasteiger partial charge in [-0.05, 0) is 17.7 Å². The maximum Gasteiger partial charge on any atom is 0.490 e. The summed E-state index contributed by atoms with van der Waals surface area (Å²) >= 11 is 0. The molecule has 1 unspecified atom stereocenters. The fourth-order valence-corrected chi connectivity index (χ4v) is 3.44. The molecular weight excluding hydrogens is 389 g/mol. The van der Waals surface area contributed by atoms with Gasteiger partial charge in [0.2, 0.25) is 0 Å². The number of aromatic nitrogens is 3. The Kier molecular flexibility index (Phi) is 5.94. The van der Waals surface area contributed by atoms with Gasteiger partial charge in [-0.25, -0.2) is 9.78 Å². The van der Waals surface area contributed by atoms with Crippen LogP contribution in [0.15, 0.2) is 36.8 Å². The van der Waals surface area contributed by atoms with Crippen molar-refractivity contribution in [3.8, 4) is 0 Å². The first kappa shape index (κ1) is 20.9. The number of hydrogen-bond acceptors (Lipinski definition) is 4. The van der Waals surface area contributed by atoms with Crippen molar-refractivity contribution in [3.05, 3.63) is 53.7 Å². The summed E-state index contributed by atoms with van der Waals surface area (Å²) in [5.41, 5.74) is 4.83. The van der Waals surface area contributed by atoms with Gasteiger partial charge in [0.25, 0.3) is 0 Å². The Labute approximate surface area is 164 Å². The second kappa shape index (κ2) is 8.26. The molecule has 0 radical (unpaired) electrons. The van der Waals surface area contributed by atoms with Gasteiger partial charge in [-0.3, -0.25) is 4.90 Å². The van der Waals surface area contributed by atoms with Crippen molar-refractivity contribution in [3.63, 3.8) is 0 Å². The van der Waals surface area contributed by atoms with Crippen LogP contribution in [0.2, 0.25) is 0 Å². The molecule has 0 bridgehead atoms. The van der Waals surface area contributed by atoms with Crippen LogP contribution in [-0.4, -0.2) is 54.4 Å². The summed E-state index contributed by atoms with van der Waals surface area (Å²) in [6, 6.07) is 8.61. The zero-order valence-electron chi connectivity index (χ0n) is 15.6. The summed E-state index contributed by atoms with van der Waals surface area (Å²) in [6.07, 6.45) is -0.383. The average molecular weight is 410 g/mol. The third-order valence-electron chi connectivity index (χ3n) is 4.96. The van der Waals surface area contributed by atoms with Gasteiger partial charge in [-0.1, -0.05) is 12.1 Å². The van der Waals surface area contributed by atoms with Crippen LogP contribution >= 0.6 is 0 Å². The minimum atomic E-state index is -5.08. The molecule has 0 aliphatic carbocycles. The van der Waals surface area contributed by atoms with Crippen molar-refractivity contribution in [1.29, 1.82) is 0 Å². The molecule has 2 aromatic heterocycles. The second-order valence-corrected chi connectivity index (χ2v) is 6.85. The summed E-state index contributed by atoms with van der Waals surface area (Å²) in [5.74, 6) is -2.76. The van der Waals surface area contributed by atoms with Crippen molar-refractivity contribution in [2.75, 3.05) is 6.61 Å². The van der Waals surface area contributed by atoms with E-state index in [2.05, 4.69) is 43.7 Å². The number of aliphatic carboxylic acids is 1. The van der Waals surface area contributed by atoms with Crippen molar-refractivity contribution < 1.29 is 28.2 Å². The number of hydrogen-bond donors (Lipinski definition) is 3. The van der Waals surface area contributed by atoms with E-state index in [-0.39, 0.29) is 12.6 Å². The molecule has 10 heteroatoms. The van der Waals surface area contributed by atoms with Gasteiger partial charge < -0.3 is 19.8 Å². The Morgan fingerprint density at radius 1 is 1.34 bits per heavy atom. The van der Waals surface area contributed by atoms with Gasteiger partial charge in [-0.2, -0.15) is 13.2 Å². The van der Waals surface area contributed by atoms with Crippen LogP contribution in [0.3, 0.4) is 0 Å². The van der Waals surface area contributed by atoms with Gasteiger partial charge in [-0.15, -0.1) is 0 Å². The first-order valence-corrected chi connectivity index (χ1v) is 8.89. The Hall–Kier alpha value is -2.85. The number of benzene rings is 1. The standard InChI is InChI=1S/C17H20N4O.C2HF3O2/c1-20-11-19-16-9-21(13(10-22)7-17(16)20)8-12-3-2-4-15-14(12)5-6-18-15;3-2(4,5)1(6)7/h2-6,11,13,18,22H,7-10H2,1H3;(H,6,7). The zero-order chi connectivity index (χ0) is 21.2. The number of carbonyl (C=O) groups is 1. The topological polar surface area (TPSA) is 94.4 Å². The smallest absolute Gasteiger partial charge is 0.475 e. The Balaban J connectivity index is 0.000000298. The van der Waals surface area contributed by atoms with Gasteiger partial charge >= 0.3 is 12.1 Å². The number of alkyl halides is 3. The van der Waals surface area contributed by atoms with Crippen LogP contribution in [0.1, 0.15) is 17.0 Å². The van der Waals surface area contributed by atoms with Crippen LogP contribution < -0.4 is 0 Å². The van der Waals surface area contributed by atoms with E-state index in [9.17, 15) is 18.3 Å². The molecule has 1 aliphatic rings. The van der Waals surface area contributed by atoms with Crippen LogP contribution in [0.4, 0.5) is 13.2 Å². The molecule has 156 valence electrons. The van der Waals surface area contributed by atoms with Gasteiger partial charge in [0.05, 0.1) is 18.6 Å². The van der Waals surface area contributed by atoms with E-state index in [1.165, 1.54) is 16.6 Å². The fourth-order valence-electron chi connectivity index (χ4n) is 3.44. The van der Waals surface area contributed by atoms with E-state index in [1.54, 1.807) is 0 Å². The monoisotopic (exact) mass is 410 g/mol. The summed E-state index contributed by atoms with van der Waals surface area (Å²) in [5, 5.41) is 18.2. The minimum Gasteiger partial charge on any atom is -0.475 e. The second-order valence-electron chi connectivity index (χ2n) is 6.85. The number of H-pyrrole nitrogens is 1. The van der Waals surface area contributed by atoms with Crippen molar-refractivity contribution in [1.82, 2.24) is 19.4 Å². The van der Waals surface area contributed by atoms with Gasteiger partial charge in [0.15, 0.2) is 0 Å². The lowest BCUT2D eigenvalue weighted by atomic mass is 10.0. The highest BCUT2D eigenvalue weighted by Gasteiger charge is 2.38. The third-order valence-corrected chi connectivity index (χ3v) is 4.96. The van der Waals surface area contributed by atoms with Crippen molar-refractivity contribution in [2.45, 2.75) is 31.7 Å². The molecule has 3 heterocycles. The summed E-state index contributed by atoms with van der Waals surface area (Å²) in [6.45, 7) is 1.80. The number of carboxylic acid groups (broad SMARTS) is 1. The highest BCUT2D eigenvalue weighted by atomic mass is 19.4. The van der Waals surface area contributed by atoms with Crippen molar-refractivity contribution in [2.24, 2.45) is 7.05 Å². The predicted octanol–water partition coefficient (Wildman–Crippen LogP) is 2.45. The summed E-state index contributed by atoms with van der Waals surface area (Å²) < 4.78 is 33.8. The highest BCUT2D eigenvalue weighted by molar-refractivity contribution is 5.82. The predicted molar refractivity (Wildman–Crippen MR) is 99.0 cm³/mol. The molecule has 0 fully saturated rings. The molecular formula is C19H21F3N4O3. The summed E-state index contributed by atoms with van der Waals surface area (Å²) in [4.78, 5) is 19.0. The summed E-state index contributed by atoms with van der Waals surface area (Å²) in [7, 11) is 2.02. The van der Waals surface area contributed by atoms with Crippen molar-refractivity contribution >= 4 is 16.9 Å². The number of carboxylic acids is 1. The molecule has 1 aromatic carbocycles. The number of aliphatic hydroxyl groups is 1. The van der Waals surface area contributed by atoms with Crippen LogP contribution in [-0.2, 0) is 31.4 Å². The number of nitrogens with zero attached hydrogens (tertiary/aromatic N) is 3. The number of aliphatic hydroxyl groups excluding tert-OH is 1. The van der Waals surface area contributed by atoms with Gasteiger partial charge in [0.1, 0.15) is 0 Å². The molecule has 0 saturated heterocycles. The Morgan fingerprint density at radius 3 is 2.72 bits per heavy atom. The van der Waals surface area contributed by atoms with Crippen LogP contribution in [0.5, 0.6) is 0 Å². The SMILES string of the molecule is Cn1cnc2c1CC(CO)N(Cc1cccc3[nH]ccc13)C2.O=C(O)C(F)(F)F. The maximum absolute atomic E-state index is 10.6. The van der Waals surface area contributed by atoms with Crippen LogP contribution in [0, 0.1) is 0 Å². The molecule has 3 aromatic rings. The highest BCUT2D eigenvalue weighted by Crippen LogP contribution is 2.26. The molecule has 1 aliphatic heterocycles. The number of imidazole rings is 1. The van der Waals surface area contributed by atoms with Gasteiger partial charge in [0, 0.05) is 55.4 Å². The molecule has 4 rings (SSSR count). The molecule has 7 nitrogen and oxygen atoms in total. The number of aromatic amines is 1. The molecule has 0 saturated carbocycles. The molecule has 1 atom stereocenters. The lowest BCUT2D eigenvalue weighted by molar-refractivity contribution is -0.192. The number of nitrogens with one attached hydrogen (secondary N) is 1. The molecule has 0 amide bonds. The van der Waals surface area contributed by atoms with E-state index in [0.29, 0.717) is 0 Å². The van der Waals surface area contributed by atoms with E-state index in [0.717, 1.165) is 30.7 Å². The number of aryl methyl sites for hydroxylation is 1. The van der Waals surface area contributed by atoms with E-state index >= 15 is 0 Å². The van der Waals surface area contributed by atoms with E-state index in [1.807, 2.05) is 19.6 Å². The Morgan fingerprint density at radius 2 is 2.07 bits per heavy atom. The molecule has 29 heavy (non-hydrogen) atoms. The average Bonchev–Trinajstić information content (AvgIpc) is 3.28. The number of rotatable bonds is 3. The fraction of sp³-hybridized carbons (Fsp3) is 0.368. The maximum atomic E-state index is 10.6. The normalized spacial score (nSPS) is 16.9. The largest absolute Gasteiger partial charge is 0.490 e. The third kappa shape index (κ3) is 4.60. The quantitative estimate of drug-likeness (QED) is 0.617. The molecule has 0 spiro atoms. The first-order valence-electron chi connectivity index (χ1n) is 8.89. The first-order chi connectivity index (χ1) is 13.7. The lowest BCUT2D eigenvalue weighted by Gasteiger charge is -2.34. The molecule has 3 N–H and O–H groups in total. The minimum absolute atomic E-state index is 0.150. The zero-order valence-corrected chi connectivity index (χ0v) is 15.6.